The third kappa shape index (κ3) is 4.13. The van der Waals surface area contributed by atoms with Crippen molar-refractivity contribution in [3.63, 3.8) is 0 Å². The van der Waals surface area contributed by atoms with E-state index >= 15 is 0 Å². The summed E-state index contributed by atoms with van der Waals surface area (Å²) in [6, 6.07) is 10.8. The maximum Gasteiger partial charge on any atom is 0.263 e. The molecule has 3 amide bonds. The number of methoxy groups -OCH3 is 2. The van der Waals surface area contributed by atoms with Gasteiger partial charge in [-0.1, -0.05) is 25.1 Å². The Morgan fingerprint density at radius 3 is 2.33 bits per heavy atom. The average Bonchev–Trinajstić information content (AvgIpc) is 3.09. The van der Waals surface area contributed by atoms with Crippen molar-refractivity contribution in [2.24, 2.45) is 0 Å². The van der Waals surface area contributed by atoms with Crippen molar-refractivity contribution < 1.29 is 23.9 Å². The number of ether oxygens (including phenoxy) is 2. The van der Waals surface area contributed by atoms with E-state index in [0.717, 1.165) is 12.1 Å². The third-order valence-electron chi connectivity index (χ3n) is 6.23. The number of carbonyl (C=O) groups is 3. The van der Waals surface area contributed by atoms with Crippen molar-refractivity contribution in [1.82, 2.24) is 9.80 Å². The Morgan fingerprint density at radius 2 is 1.67 bits per heavy atom. The molecule has 0 unspecified atom stereocenters. The number of fused-ring (bicyclic) bond motifs is 1. The molecule has 4 rings (SSSR count). The molecule has 8 heteroatoms. The summed E-state index contributed by atoms with van der Waals surface area (Å²) in [5.41, 5.74) is 2.27. The highest BCUT2D eigenvalue weighted by Gasteiger charge is 2.39. The first-order chi connectivity index (χ1) is 16.0. The summed E-state index contributed by atoms with van der Waals surface area (Å²) in [7, 11) is 3.08. The minimum atomic E-state index is -0.321. The van der Waals surface area contributed by atoms with Crippen LogP contribution in [0.2, 0.25) is 0 Å². The van der Waals surface area contributed by atoms with E-state index in [1.54, 1.807) is 25.3 Å². The van der Waals surface area contributed by atoms with Crippen LogP contribution in [0.1, 0.15) is 46.0 Å². The first kappa shape index (κ1) is 22.6. The molecule has 0 aliphatic carbocycles. The number of anilines is 1. The van der Waals surface area contributed by atoms with Crippen LogP contribution >= 0.6 is 0 Å². The minimum absolute atomic E-state index is 0.0887. The van der Waals surface area contributed by atoms with E-state index in [0.29, 0.717) is 60.8 Å². The first-order valence-electron chi connectivity index (χ1n) is 11.2. The van der Waals surface area contributed by atoms with E-state index in [4.69, 9.17) is 9.47 Å². The predicted molar refractivity (Wildman–Crippen MR) is 124 cm³/mol. The maximum atomic E-state index is 13.4. The number of amides is 3. The fourth-order valence-electron chi connectivity index (χ4n) is 4.54. The van der Waals surface area contributed by atoms with E-state index in [-0.39, 0.29) is 24.3 Å². The molecule has 2 aliphatic heterocycles. The van der Waals surface area contributed by atoms with Gasteiger partial charge in [-0.2, -0.15) is 0 Å². The zero-order valence-electron chi connectivity index (χ0n) is 19.3. The largest absolute Gasteiger partial charge is 0.493 e. The first-order valence-corrected chi connectivity index (χ1v) is 11.2. The molecule has 174 valence electrons. The number of imide groups is 1. The molecule has 0 bridgehead atoms. The van der Waals surface area contributed by atoms with Crippen molar-refractivity contribution in [2.45, 2.75) is 26.3 Å². The molecular weight excluding hydrogens is 422 g/mol. The normalized spacial score (nSPS) is 15.7. The lowest BCUT2D eigenvalue weighted by atomic mass is 10.1. The summed E-state index contributed by atoms with van der Waals surface area (Å²) >= 11 is 0. The van der Waals surface area contributed by atoms with Crippen LogP contribution in [-0.2, 0) is 11.3 Å². The lowest BCUT2D eigenvalue weighted by molar-refractivity contribution is -0.131. The second-order valence-electron chi connectivity index (χ2n) is 8.17. The monoisotopic (exact) mass is 451 g/mol. The molecule has 2 heterocycles. The van der Waals surface area contributed by atoms with Gasteiger partial charge in [0.15, 0.2) is 11.5 Å². The lowest BCUT2D eigenvalue weighted by Gasteiger charge is -2.36. The molecule has 0 spiro atoms. The fraction of sp³-hybridized carbons (Fsp3) is 0.400. The zero-order chi connectivity index (χ0) is 23.5. The number of para-hydroxylation sites is 1. The van der Waals surface area contributed by atoms with Crippen molar-refractivity contribution >= 4 is 23.4 Å². The SMILES string of the molecule is CCCC(=O)N1CCN(c2cccc3c2C(=O)N(Cc2cccc(OC)c2OC)C3=O)CC1. The lowest BCUT2D eigenvalue weighted by Crippen LogP contribution is -2.49. The molecule has 0 radical (unpaired) electrons. The highest BCUT2D eigenvalue weighted by Crippen LogP contribution is 2.36. The smallest absolute Gasteiger partial charge is 0.263 e. The Morgan fingerprint density at radius 1 is 0.939 bits per heavy atom. The molecule has 8 nitrogen and oxygen atoms in total. The Labute approximate surface area is 193 Å². The van der Waals surface area contributed by atoms with E-state index in [1.165, 1.54) is 12.0 Å². The van der Waals surface area contributed by atoms with Crippen molar-refractivity contribution in [3.05, 3.63) is 53.1 Å². The van der Waals surface area contributed by atoms with Crippen molar-refractivity contribution in [3.8, 4) is 11.5 Å². The van der Waals surface area contributed by atoms with Crippen LogP contribution in [0.5, 0.6) is 11.5 Å². The highest BCUT2D eigenvalue weighted by molar-refractivity contribution is 6.23. The zero-order valence-corrected chi connectivity index (χ0v) is 19.3. The summed E-state index contributed by atoms with van der Waals surface area (Å²) in [6.07, 6.45) is 1.38. The van der Waals surface area contributed by atoms with Crippen LogP contribution in [0.4, 0.5) is 5.69 Å². The topological polar surface area (TPSA) is 79.4 Å². The van der Waals surface area contributed by atoms with Gasteiger partial charge in [0, 0.05) is 38.2 Å². The molecule has 2 aromatic rings. The molecule has 33 heavy (non-hydrogen) atoms. The van der Waals surface area contributed by atoms with E-state index < -0.39 is 0 Å². The standard InChI is InChI=1S/C25H29N3O5/c1-4-7-21(29)27-14-12-26(13-15-27)19-10-6-9-18-22(19)25(31)28(24(18)30)16-17-8-5-11-20(32-2)23(17)33-3/h5-6,8-11H,4,7,12-16H2,1-3H3. The molecule has 2 aliphatic rings. The average molecular weight is 452 g/mol. The molecule has 0 N–H and O–H groups in total. The summed E-state index contributed by atoms with van der Waals surface area (Å²) in [6.45, 7) is 4.54. The molecule has 1 fully saturated rings. The van der Waals surface area contributed by atoms with E-state index in [2.05, 4.69) is 4.90 Å². The van der Waals surface area contributed by atoms with Gasteiger partial charge in [-0.3, -0.25) is 19.3 Å². The van der Waals surface area contributed by atoms with Crippen molar-refractivity contribution in [2.75, 3.05) is 45.3 Å². The summed E-state index contributed by atoms with van der Waals surface area (Å²) in [4.78, 5) is 44.0. The molecular formula is C25H29N3O5. The van der Waals surface area contributed by atoms with Gasteiger partial charge in [0.05, 0.1) is 37.6 Å². The van der Waals surface area contributed by atoms with Gasteiger partial charge in [0.2, 0.25) is 5.91 Å². The van der Waals surface area contributed by atoms with Crippen LogP contribution in [-0.4, -0.2) is 67.9 Å². The van der Waals surface area contributed by atoms with Gasteiger partial charge < -0.3 is 19.3 Å². The van der Waals surface area contributed by atoms with Crippen LogP contribution in [0.15, 0.2) is 36.4 Å². The summed E-state index contributed by atoms with van der Waals surface area (Å²) in [5, 5.41) is 0. The third-order valence-corrected chi connectivity index (χ3v) is 6.23. The van der Waals surface area contributed by atoms with Crippen LogP contribution in [0, 0.1) is 0 Å². The molecule has 1 saturated heterocycles. The van der Waals surface area contributed by atoms with Gasteiger partial charge in [-0.15, -0.1) is 0 Å². The number of rotatable bonds is 7. The van der Waals surface area contributed by atoms with Gasteiger partial charge in [0.1, 0.15) is 0 Å². The van der Waals surface area contributed by atoms with Crippen molar-refractivity contribution in [1.29, 1.82) is 0 Å². The minimum Gasteiger partial charge on any atom is -0.493 e. The Kier molecular flexibility index (Phi) is 6.53. The molecule has 0 aromatic heterocycles. The van der Waals surface area contributed by atoms with Gasteiger partial charge >= 0.3 is 0 Å². The van der Waals surface area contributed by atoms with Gasteiger partial charge in [-0.05, 0) is 24.6 Å². The Hall–Kier alpha value is -3.55. The number of nitrogens with zero attached hydrogens (tertiary/aromatic N) is 3. The van der Waals surface area contributed by atoms with Crippen LogP contribution in [0.25, 0.3) is 0 Å². The van der Waals surface area contributed by atoms with Crippen LogP contribution < -0.4 is 14.4 Å². The van der Waals surface area contributed by atoms with Crippen LogP contribution in [0.3, 0.4) is 0 Å². The second-order valence-corrected chi connectivity index (χ2v) is 8.17. The Balaban J connectivity index is 1.57. The number of hydrogen-bond acceptors (Lipinski definition) is 6. The number of benzene rings is 2. The fourth-order valence-corrected chi connectivity index (χ4v) is 4.54. The maximum absolute atomic E-state index is 13.4. The van der Waals surface area contributed by atoms with E-state index in [1.807, 2.05) is 30.0 Å². The number of carbonyl (C=O) groups excluding carboxylic acids is 3. The molecule has 0 atom stereocenters. The Bertz CT molecular complexity index is 1080. The number of piperazine rings is 1. The number of hydrogen-bond donors (Lipinski definition) is 0. The van der Waals surface area contributed by atoms with Gasteiger partial charge in [0.25, 0.3) is 11.8 Å². The molecule has 2 aromatic carbocycles. The summed E-state index contributed by atoms with van der Waals surface area (Å²) < 4.78 is 10.8. The van der Waals surface area contributed by atoms with E-state index in [9.17, 15) is 14.4 Å². The predicted octanol–water partition coefficient (Wildman–Crippen LogP) is 2.95. The second kappa shape index (κ2) is 9.52. The quantitative estimate of drug-likeness (QED) is 0.603. The molecule has 0 saturated carbocycles. The summed E-state index contributed by atoms with van der Waals surface area (Å²) in [5.74, 6) is 0.575. The highest BCUT2D eigenvalue weighted by atomic mass is 16.5. The van der Waals surface area contributed by atoms with Gasteiger partial charge in [-0.25, -0.2) is 0 Å².